The minimum Gasteiger partial charge on any atom is -0.191 e. The Kier molecular flexibility index (Phi) is 4.44. The topological polar surface area (TPSA) is 54.1 Å². The second-order valence-electron chi connectivity index (χ2n) is 2.54. The fourth-order valence-electron chi connectivity index (χ4n) is 0.501. The van der Waals surface area contributed by atoms with Crippen molar-refractivity contribution in [3.63, 3.8) is 0 Å². The van der Waals surface area contributed by atoms with Gasteiger partial charge in [-0.05, 0) is 0 Å². The Morgan fingerprint density at radius 2 is 1.07 bits per heavy atom. The number of rotatable bonds is 3. The summed E-state index contributed by atoms with van der Waals surface area (Å²) >= 11 is 0. The molecule has 14 heavy (non-hydrogen) atoms. The first-order valence-electron chi connectivity index (χ1n) is 3.37. The minimum atomic E-state index is -4.85. The predicted octanol–water partition coefficient (Wildman–Crippen LogP) is 2.79. The monoisotopic (exact) mass is 254 g/mol. The second-order valence-corrected chi connectivity index (χ2v) is 5.45. The first-order valence-corrected chi connectivity index (χ1v) is 6.07. The molecule has 0 saturated carbocycles. The third kappa shape index (κ3) is 4.85. The molecule has 0 N–H and O–H groups in total. The number of halogens is 4. The van der Waals surface area contributed by atoms with Crippen LogP contribution < -0.4 is 0 Å². The van der Waals surface area contributed by atoms with Crippen molar-refractivity contribution in [2.24, 2.45) is 0 Å². The summed E-state index contributed by atoms with van der Waals surface area (Å²) < 4.78 is 65.6. The van der Waals surface area contributed by atoms with Gasteiger partial charge in [0.1, 0.15) is 0 Å². The van der Waals surface area contributed by atoms with Crippen LogP contribution in [0.1, 0.15) is 0 Å². The van der Waals surface area contributed by atoms with E-state index in [2.05, 4.69) is 0 Å². The van der Waals surface area contributed by atoms with Gasteiger partial charge in [-0.2, -0.15) is 8.61 Å². The van der Waals surface area contributed by atoms with E-state index in [-0.39, 0.29) is 8.61 Å². The molecule has 0 fully saturated rings. The van der Waals surface area contributed by atoms with E-state index in [0.717, 1.165) is 14.1 Å². The molecule has 0 atom stereocenters. The first kappa shape index (κ1) is 13.8. The fraction of sp³-hybridized carbons (Fsp3) is 1.00. The molecule has 0 spiro atoms. The van der Waals surface area contributed by atoms with Crippen LogP contribution in [-0.4, -0.2) is 35.8 Å². The van der Waals surface area contributed by atoms with E-state index in [0.29, 0.717) is 0 Å². The van der Waals surface area contributed by atoms with E-state index in [1.807, 2.05) is 0 Å². The van der Waals surface area contributed by atoms with Crippen molar-refractivity contribution in [1.29, 1.82) is 9.22 Å². The normalized spacial score (nSPS) is 13.9. The molecular formula is C4H10F4N4S2. The van der Waals surface area contributed by atoms with Crippen LogP contribution in [0.4, 0.5) is 15.5 Å². The summed E-state index contributed by atoms with van der Waals surface area (Å²) in [6, 6.07) is 0. The molecule has 0 aromatic carbocycles. The van der Waals surface area contributed by atoms with Crippen molar-refractivity contribution in [3.8, 4) is 0 Å². The zero-order chi connectivity index (χ0) is 11.6. The second kappa shape index (κ2) is 4.52. The quantitative estimate of drug-likeness (QED) is 0.727. The van der Waals surface area contributed by atoms with E-state index in [9.17, 15) is 15.5 Å². The Morgan fingerprint density at radius 1 is 0.857 bits per heavy atom. The summed E-state index contributed by atoms with van der Waals surface area (Å²) in [6.07, 6.45) is 0. The lowest BCUT2D eigenvalue weighted by Gasteiger charge is -2.19. The Bertz CT molecular complexity index is 334. The molecule has 0 unspecified atom stereocenters. The third-order valence-corrected chi connectivity index (χ3v) is 3.34. The van der Waals surface area contributed by atoms with Gasteiger partial charge in [-0.15, -0.1) is 24.8 Å². The van der Waals surface area contributed by atoms with Gasteiger partial charge in [0.15, 0.2) is 0 Å². The van der Waals surface area contributed by atoms with Gasteiger partial charge in [0.2, 0.25) is 0 Å². The highest BCUT2D eigenvalue weighted by atomic mass is 32.3. The molecule has 0 heterocycles. The molecule has 0 amide bonds. The van der Waals surface area contributed by atoms with E-state index in [1.165, 1.54) is 0 Å². The summed E-state index contributed by atoms with van der Waals surface area (Å²) in [5.41, 5.74) is 0. The van der Waals surface area contributed by atoms with Crippen LogP contribution in [0.2, 0.25) is 0 Å². The maximum absolute atomic E-state index is 12.2. The number of hydrogen-bond acceptors (Lipinski definition) is 4. The van der Waals surface area contributed by atoms with Gasteiger partial charge in [0.05, 0.1) is 0 Å². The van der Waals surface area contributed by atoms with Gasteiger partial charge in [-0.1, -0.05) is 0 Å². The van der Waals surface area contributed by atoms with Crippen molar-refractivity contribution in [2.75, 3.05) is 27.2 Å². The van der Waals surface area contributed by atoms with Crippen molar-refractivity contribution >= 4 is 21.2 Å². The van der Waals surface area contributed by atoms with E-state index in [1.54, 1.807) is 0 Å². The first-order chi connectivity index (χ1) is 6.05. The summed E-state index contributed by atoms with van der Waals surface area (Å²) in [6.45, 7) is -0.920. The molecule has 0 aliphatic rings. The van der Waals surface area contributed by atoms with Crippen LogP contribution in [-0.2, 0) is 0 Å². The molecule has 0 saturated heterocycles. The van der Waals surface area contributed by atoms with Gasteiger partial charge in [-0.25, -0.2) is 0 Å². The molecule has 10 heteroatoms. The highest BCUT2D eigenvalue weighted by Crippen LogP contribution is 2.40. The van der Waals surface area contributed by atoms with Crippen molar-refractivity contribution < 1.29 is 15.5 Å². The molecule has 0 aromatic heterocycles. The van der Waals surface area contributed by atoms with Gasteiger partial charge < -0.3 is 0 Å². The predicted molar refractivity (Wildman–Crippen MR) is 48.3 cm³/mol. The standard InChI is InChI=1S/C4H10F4N4S2/c1-11(13(5,6)9)3-4-12(2)14(7,8)10/h3-4H2,1-2H3. The van der Waals surface area contributed by atoms with E-state index < -0.39 is 34.3 Å². The molecule has 0 aliphatic carbocycles. The number of nitrogens with zero attached hydrogens (tertiary/aromatic N) is 4. The largest absolute Gasteiger partial charge is 0.302 e. The van der Waals surface area contributed by atoms with Gasteiger partial charge in [0, 0.05) is 27.2 Å². The van der Waals surface area contributed by atoms with Crippen molar-refractivity contribution in [2.45, 2.75) is 0 Å². The van der Waals surface area contributed by atoms with Crippen LogP contribution in [0.5, 0.6) is 0 Å². The number of hydrogen-bond donors (Lipinski definition) is 0. The fourth-order valence-corrected chi connectivity index (χ4v) is 1.10. The van der Waals surface area contributed by atoms with Gasteiger partial charge in [0.25, 0.3) is 0 Å². The average Bonchev–Trinajstić information content (AvgIpc) is 1.95. The van der Waals surface area contributed by atoms with Gasteiger partial charge in [-0.3, -0.25) is 0 Å². The van der Waals surface area contributed by atoms with Crippen LogP contribution >= 0.6 is 21.2 Å². The van der Waals surface area contributed by atoms with Crippen molar-refractivity contribution in [1.82, 2.24) is 8.61 Å². The third-order valence-electron chi connectivity index (χ3n) is 1.48. The lowest BCUT2D eigenvalue weighted by Crippen LogP contribution is -2.25. The summed E-state index contributed by atoms with van der Waals surface area (Å²) in [5.74, 6) is 0. The van der Waals surface area contributed by atoms with Crippen LogP contribution in [0.25, 0.3) is 0 Å². The van der Waals surface area contributed by atoms with Crippen molar-refractivity contribution in [3.05, 3.63) is 0 Å². The van der Waals surface area contributed by atoms with Crippen LogP contribution in [0, 0.1) is 9.22 Å². The average molecular weight is 254 g/mol. The maximum atomic E-state index is 12.2. The molecule has 0 bridgehead atoms. The molecule has 0 aromatic rings. The molecule has 0 radical (unpaired) electrons. The van der Waals surface area contributed by atoms with Gasteiger partial charge >= 0.3 is 21.2 Å². The Morgan fingerprint density at radius 3 is 1.21 bits per heavy atom. The Balaban J connectivity index is 4.14. The van der Waals surface area contributed by atoms with E-state index >= 15 is 0 Å². The number of likely N-dealkylation sites (N-methyl/N-ethyl adjacent to an activating group) is 2. The zero-order valence-electron chi connectivity index (χ0n) is 7.53. The highest BCUT2D eigenvalue weighted by molar-refractivity contribution is 8.10. The summed E-state index contributed by atoms with van der Waals surface area (Å²) in [7, 11) is -7.89. The molecule has 4 nitrogen and oxygen atoms in total. The summed E-state index contributed by atoms with van der Waals surface area (Å²) in [4.78, 5) is 0. The summed E-state index contributed by atoms with van der Waals surface area (Å²) in [5, 5.41) is 0. The SMILES string of the molecule is CN(CCN(C)S(#N)(F)F)S(#N)(F)F. The van der Waals surface area contributed by atoms with Crippen LogP contribution in [0.15, 0.2) is 0 Å². The molecule has 0 aliphatic heterocycles. The van der Waals surface area contributed by atoms with Crippen LogP contribution in [0.3, 0.4) is 0 Å². The molecule has 86 valence electrons. The lowest BCUT2D eigenvalue weighted by molar-refractivity contribution is 0.416. The zero-order valence-corrected chi connectivity index (χ0v) is 9.16. The minimum absolute atomic E-state index is 0.272. The lowest BCUT2D eigenvalue weighted by atomic mass is 10.6. The molecule has 0 rings (SSSR count). The molecular weight excluding hydrogens is 244 g/mol. The highest BCUT2D eigenvalue weighted by Gasteiger charge is 2.22. The Hall–Kier alpha value is -0.240. The maximum Gasteiger partial charge on any atom is 0.302 e. The Labute approximate surface area is 82.4 Å². The smallest absolute Gasteiger partial charge is 0.191 e. The van der Waals surface area contributed by atoms with E-state index in [4.69, 9.17) is 9.22 Å².